The molecule has 0 saturated carbocycles. The molecule has 39 heavy (non-hydrogen) atoms. The van der Waals surface area contributed by atoms with Crippen LogP contribution in [-0.4, -0.2) is 41.1 Å². The molecule has 0 aliphatic heterocycles. The normalized spacial score (nSPS) is 13.1. The number of aromatic nitrogens is 2. The van der Waals surface area contributed by atoms with Gasteiger partial charge in [-0.1, -0.05) is 26.0 Å². The third kappa shape index (κ3) is 6.45. The number of aryl methyl sites for hydroxylation is 1. The van der Waals surface area contributed by atoms with Crippen LogP contribution in [0.15, 0.2) is 41.3 Å². The molecule has 0 spiro atoms. The number of nitro groups is 1. The van der Waals surface area contributed by atoms with Gasteiger partial charge in [0, 0.05) is 29.8 Å². The minimum Gasteiger partial charge on any atom is -0.437 e. The number of nitro benzene ring substituents is 1. The number of hydrogen-bond donors (Lipinski definition) is 2. The topological polar surface area (TPSA) is 145 Å². The number of sulfonamides is 1. The average Bonchev–Trinajstić information content (AvgIpc) is 3.20. The first-order chi connectivity index (χ1) is 18.3. The van der Waals surface area contributed by atoms with Gasteiger partial charge >= 0.3 is 0 Å². The maximum absolute atomic E-state index is 13.3. The second-order valence-electron chi connectivity index (χ2n) is 9.61. The van der Waals surface area contributed by atoms with Crippen molar-refractivity contribution in [3.05, 3.63) is 68.9 Å². The summed E-state index contributed by atoms with van der Waals surface area (Å²) in [7, 11) is -4.20. The van der Waals surface area contributed by atoms with E-state index in [0.29, 0.717) is 17.7 Å². The van der Waals surface area contributed by atoms with E-state index in [1.54, 1.807) is 13.8 Å². The molecule has 2 aromatic carbocycles. The number of nitrogens with one attached hydrogen (secondary N) is 2. The third-order valence-corrected chi connectivity index (χ3v) is 8.29. The number of amides is 1. The highest BCUT2D eigenvalue weighted by molar-refractivity contribution is 7.89. The Labute approximate surface area is 228 Å². The van der Waals surface area contributed by atoms with E-state index in [9.17, 15) is 23.3 Å². The summed E-state index contributed by atoms with van der Waals surface area (Å²) in [6.45, 7) is 12.8. The number of carbonyl (C=O) groups excluding carboxylic acids is 1. The monoisotopic (exact) mass is 557 g/mol. The van der Waals surface area contributed by atoms with Gasteiger partial charge in [0.1, 0.15) is 10.6 Å². The number of nitrogens with zero attached hydrogens (tertiary/aromatic N) is 3. The smallest absolute Gasteiger partial charge is 0.272 e. The number of carbonyl (C=O) groups is 1. The van der Waals surface area contributed by atoms with Crippen molar-refractivity contribution in [2.75, 3.05) is 0 Å². The predicted octanol–water partition coefficient (Wildman–Crippen LogP) is 5.10. The highest BCUT2D eigenvalue weighted by Crippen LogP contribution is 2.36. The average molecular weight is 558 g/mol. The Hall–Kier alpha value is -3.77. The standard InChI is InChI=1S/C27H35N5O6S/c1-8-17(4)28-26(33)25-20(7)27(31(29-25)22-12-10-11-16(3)19(22)6)38-23-14-13-21(32(34)35)15-24(23)39(36,37)30-18(5)9-2/h10-15,17-18,30H,8-9H2,1-7H3,(H,28,33)/t17-,18-/m1/s1. The first-order valence-corrected chi connectivity index (χ1v) is 14.2. The van der Waals surface area contributed by atoms with Crippen molar-refractivity contribution in [1.82, 2.24) is 19.8 Å². The van der Waals surface area contributed by atoms with Gasteiger partial charge < -0.3 is 10.1 Å². The van der Waals surface area contributed by atoms with Crippen LogP contribution in [0, 0.1) is 30.9 Å². The number of benzene rings is 2. The van der Waals surface area contributed by atoms with Gasteiger partial charge in [-0.05, 0) is 70.7 Å². The lowest BCUT2D eigenvalue weighted by Gasteiger charge is -2.17. The van der Waals surface area contributed by atoms with E-state index in [2.05, 4.69) is 15.1 Å². The Morgan fingerprint density at radius 3 is 2.36 bits per heavy atom. The molecule has 11 nitrogen and oxygen atoms in total. The molecule has 0 fully saturated rings. The molecule has 0 bridgehead atoms. The van der Waals surface area contributed by atoms with Gasteiger partial charge in [0.25, 0.3) is 11.6 Å². The van der Waals surface area contributed by atoms with E-state index in [-0.39, 0.29) is 23.4 Å². The Kier molecular flexibility index (Phi) is 9.13. The lowest BCUT2D eigenvalue weighted by atomic mass is 10.1. The molecule has 0 aliphatic carbocycles. The molecule has 0 aliphatic rings. The molecular weight excluding hydrogens is 522 g/mol. The molecule has 0 saturated heterocycles. The van der Waals surface area contributed by atoms with E-state index in [4.69, 9.17) is 4.74 Å². The maximum Gasteiger partial charge on any atom is 0.272 e. The zero-order chi connectivity index (χ0) is 29.1. The fourth-order valence-electron chi connectivity index (χ4n) is 3.76. The van der Waals surface area contributed by atoms with Gasteiger partial charge in [0.2, 0.25) is 15.9 Å². The zero-order valence-electron chi connectivity index (χ0n) is 23.2. The number of non-ortho nitro benzene ring substituents is 1. The molecule has 3 rings (SSSR count). The molecule has 3 aromatic rings. The van der Waals surface area contributed by atoms with Crippen LogP contribution in [0.2, 0.25) is 0 Å². The third-order valence-electron chi connectivity index (χ3n) is 6.68. The zero-order valence-corrected chi connectivity index (χ0v) is 24.0. The predicted molar refractivity (Wildman–Crippen MR) is 148 cm³/mol. The Bertz CT molecular complexity index is 1500. The minimum absolute atomic E-state index is 0.0924. The van der Waals surface area contributed by atoms with E-state index in [1.807, 2.05) is 52.8 Å². The fourth-order valence-corrected chi connectivity index (χ4v) is 5.23. The van der Waals surface area contributed by atoms with E-state index < -0.39 is 37.5 Å². The van der Waals surface area contributed by atoms with Crippen molar-refractivity contribution in [2.45, 2.75) is 78.3 Å². The summed E-state index contributed by atoms with van der Waals surface area (Å²) >= 11 is 0. The quantitative estimate of drug-likeness (QED) is 0.246. The van der Waals surface area contributed by atoms with Gasteiger partial charge in [0.15, 0.2) is 5.69 Å². The van der Waals surface area contributed by atoms with Crippen molar-refractivity contribution >= 4 is 21.6 Å². The molecule has 1 amide bonds. The van der Waals surface area contributed by atoms with Crippen LogP contribution in [-0.2, 0) is 10.0 Å². The fraction of sp³-hybridized carbons (Fsp3) is 0.407. The highest BCUT2D eigenvalue weighted by atomic mass is 32.2. The van der Waals surface area contributed by atoms with Crippen LogP contribution < -0.4 is 14.8 Å². The Balaban J connectivity index is 2.25. The highest BCUT2D eigenvalue weighted by Gasteiger charge is 2.29. The largest absolute Gasteiger partial charge is 0.437 e. The number of hydrogen-bond acceptors (Lipinski definition) is 7. The van der Waals surface area contributed by atoms with Crippen LogP contribution >= 0.6 is 0 Å². The van der Waals surface area contributed by atoms with Crippen LogP contribution in [0.5, 0.6) is 11.6 Å². The molecule has 2 atom stereocenters. The lowest BCUT2D eigenvalue weighted by molar-refractivity contribution is -0.385. The summed E-state index contributed by atoms with van der Waals surface area (Å²) in [6.07, 6.45) is 1.23. The van der Waals surface area contributed by atoms with Crippen molar-refractivity contribution < 1.29 is 22.9 Å². The van der Waals surface area contributed by atoms with Gasteiger partial charge in [-0.2, -0.15) is 9.78 Å². The summed E-state index contributed by atoms with van der Waals surface area (Å²) < 4.78 is 36.8. The van der Waals surface area contributed by atoms with Crippen molar-refractivity contribution in [3.8, 4) is 17.3 Å². The summed E-state index contributed by atoms with van der Waals surface area (Å²) in [5.74, 6) is -0.419. The van der Waals surface area contributed by atoms with E-state index >= 15 is 0 Å². The summed E-state index contributed by atoms with van der Waals surface area (Å²) in [5, 5.41) is 18.9. The van der Waals surface area contributed by atoms with Gasteiger partial charge in [0.05, 0.1) is 10.6 Å². The van der Waals surface area contributed by atoms with Crippen molar-refractivity contribution in [2.24, 2.45) is 0 Å². The lowest BCUT2D eigenvalue weighted by Crippen LogP contribution is -2.32. The first kappa shape index (κ1) is 29.8. The Morgan fingerprint density at radius 2 is 1.74 bits per heavy atom. The second kappa shape index (κ2) is 12.0. The van der Waals surface area contributed by atoms with Crippen molar-refractivity contribution in [3.63, 3.8) is 0 Å². The molecule has 1 heterocycles. The van der Waals surface area contributed by atoms with Gasteiger partial charge in [-0.15, -0.1) is 0 Å². The SMILES string of the molecule is CC[C@@H](C)NC(=O)c1nn(-c2cccc(C)c2C)c(Oc2ccc([N+](=O)[O-])cc2S(=O)(=O)N[C@H](C)CC)c1C. The van der Waals surface area contributed by atoms with Crippen LogP contribution in [0.25, 0.3) is 5.69 Å². The summed E-state index contributed by atoms with van der Waals surface area (Å²) in [4.78, 5) is 23.5. The molecule has 12 heteroatoms. The molecule has 1 aromatic heterocycles. The van der Waals surface area contributed by atoms with Crippen molar-refractivity contribution in [1.29, 1.82) is 0 Å². The second-order valence-corrected chi connectivity index (χ2v) is 11.3. The summed E-state index contributed by atoms with van der Waals surface area (Å²) in [6, 6.07) is 8.46. The van der Waals surface area contributed by atoms with E-state index in [1.165, 1.54) is 16.8 Å². The maximum atomic E-state index is 13.3. The minimum atomic E-state index is -4.20. The van der Waals surface area contributed by atoms with Crippen LogP contribution in [0.1, 0.15) is 67.7 Å². The molecule has 0 radical (unpaired) electrons. The number of rotatable bonds is 11. The van der Waals surface area contributed by atoms with Gasteiger partial charge in [-0.25, -0.2) is 13.1 Å². The van der Waals surface area contributed by atoms with Gasteiger partial charge in [-0.3, -0.25) is 14.9 Å². The molecular formula is C27H35N5O6S. The Morgan fingerprint density at radius 1 is 1.08 bits per heavy atom. The van der Waals surface area contributed by atoms with E-state index in [0.717, 1.165) is 23.6 Å². The molecule has 0 unspecified atom stereocenters. The first-order valence-electron chi connectivity index (χ1n) is 12.8. The summed E-state index contributed by atoms with van der Waals surface area (Å²) in [5.41, 5.74) is 2.60. The van der Waals surface area contributed by atoms with Crippen LogP contribution in [0.3, 0.4) is 0 Å². The van der Waals surface area contributed by atoms with Crippen LogP contribution in [0.4, 0.5) is 5.69 Å². The molecule has 2 N–H and O–H groups in total. The number of ether oxygens (including phenoxy) is 1. The molecule has 210 valence electrons.